The molecule has 1 aromatic rings. The Morgan fingerprint density at radius 1 is 1.05 bits per heavy atom. The number of rotatable bonds is 6. The van der Waals surface area contributed by atoms with Gasteiger partial charge in [0.2, 0.25) is 0 Å². The summed E-state index contributed by atoms with van der Waals surface area (Å²) in [4.78, 5) is 0. The van der Waals surface area contributed by atoms with Crippen molar-refractivity contribution in [2.45, 2.75) is 45.5 Å². The first-order valence-electron chi connectivity index (χ1n) is 7.01. The molecular formula is C15H27O4PSi. The van der Waals surface area contributed by atoms with Crippen molar-refractivity contribution in [1.82, 2.24) is 0 Å². The minimum atomic E-state index is -3.16. The second-order valence-electron chi connectivity index (χ2n) is 6.58. The Labute approximate surface area is 129 Å². The Kier molecular flexibility index (Phi) is 5.98. The molecule has 0 heterocycles. The van der Waals surface area contributed by atoms with Crippen molar-refractivity contribution < 1.29 is 18.0 Å². The number of hydrogen-bond acceptors (Lipinski definition) is 4. The fourth-order valence-corrected chi connectivity index (χ4v) is 3.59. The van der Waals surface area contributed by atoms with E-state index >= 15 is 0 Å². The van der Waals surface area contributed by atoms with Crippen LogP contribution in [0.1, 0.15) is 26.3 Å². The minimum Gasteiger partial charge on any atom is -0.413 e. The highest BCUT2D eigenvalue weighted by molar-refractivity contribution is 7.62. The molecule has 1 rings (SSSR count). The fraction of sp³-hybridized carbons (Fsp3) is 0.600. The van der Waals surface area contributed by atoms with Gasteiger partial charge in [-0.25, -0.2) is 0 Å². The van der Waals surface area contributed by atoms with Crippen LogP contribution in [0.2, 0.25) is 18.1 Å². The third-order valence-corrected chi connectivity index (χ3v) is 10.5. The lowest BCUT2D eigenvalue weighted by molar-refractivity contribution is 0.276. The minimum absolute atomic E-state index is 0.189. The van der Waals surface area contributed by atoms with Crippen LogP contribution < -0.4 is 5.30 Å². The standard InChI is InChI=1S/C15H27O4PSi/c1-15(2,3)21(6,7)19-12-13-8-10-14(11-9-13)20(16,17-4)18-5/h8-11H,12H2,1-7H3. The largest absolute Gasteiger partial charge is 0.413 e. The van der Waals surface area contributed by atoms with Gasteiger partial charge in [0.25, 0.3) is 0 Å². The zero-order valence-corrected chi connectivity index (χ0v) is 16.0. The molecule has 0 saturated heterocycles. The van der Waals surface area contributed by atoms with Gasteiger partial charge >= 0.3 is 7.60 Å². The van der Waals surface area contributed by atoms with Gasteiger partial charge in [0.15, 0.2) is 8.32 Å². The van der Waals surface area contributed by atoms with Gasteiger partial charge in [-0.15, -0.1) is 0 Å². The van der Waals surface area contributed by atoms with Crippen LogP contribution in [0, 0.1) is 0 Å². The van der Waals surface area contributed by atoms with Gasteiger partial charge in [-0.1, -0.05) is 32.9 Å². The van der Waals surface area contributed by atoms with Gasteiger partial charge in [-0.05, 0) is 35.8 Å². The molecule has 0 saturated carbocycles. The Bertz CT molecular complexity index is 497. The quantitative estimate of drug-likeness (QED) is 0.575. The van der Waals surface area contributed by atoms with Gasteiger partial charge in [0, 0.05) is 14.2 Å². The number of benzene rings is 1. The molecule has 4 nitrogen and oxygen atoms in total. The van der Waals surface area contributed by atoms with Crippen LogP contribution in [0.4, 0.5) is 0 Å². The Morgan fingerprint density at radius 3 is 1.90 bits per heavy atom. The smallest absolute Gasteiger partial charge is 0.360 e. The highest BCUT2D eigenvalue weighted by Crippen LogP contribution is 2.45. The van der Waals surface area contributed by atoms with Crippen molar-refractivity contribution in [3.8, 4) is 0 Å². The lowest BCUT2D eigenvalue weighted by Gasteiger charge is -2.36. The van der Waals surface area contributed by atoms with Crippen LogP contribution in [-0.4, -0.2) is 22.5 Å². The second kappa shape index (κ2) is 6.76. The summed E-state index contributed by atoms with van der Waals surface area (Å²) in [5.41, 5.74) is 1.06. The molecule has 0 spiro atoms. The maximum absolute atomic E-state index is 12.2. The average Bonchev–Trinajstić information content (AvgIpc) is 2.43. The molecule has 120 valence electrons. The summed E-state index contributed by atoms with van der Waals surface area (Å²) in [5, 5.41) is 0.748. The van der Waals surface area contributed by atoms with Crippen molar-refractivity contribution in [1.29, 1.82) is 0 Å². The molecule has 21 heavy (non-hydrogen) atoms. The highest BCUT2D eigenvalue weighted by atomic mass is 31.2. The molecule has 0 aliphatic carbocycles. The lowest BCUT2D eigenvalue weighted by Crippen LogP contribution is -2.40. The molecule has 0 atom stereocenters. The van der Waals surface area contributed by atoms with Crippen LogP contribution in [0.5, 0.6) is 0 Å². The van der Waals surface area contributed by atoms with Crippen LogP contribution in [0.3, 0.4) is 0 Å². The molecule has 1 aromatic carbocycles. The van der Waals surface area contributed by atoms with Crippen molar-refractivity contribution in [3.05, 3.63) is 29.8 Å². The van der Waals surface area contributed by atoms with E-state index in [4.69, 9.17) is 13.5 Å². The van der Waals surface area contributed by atoms with E-state index < -0.39 is 15.9 Å². The summed E-state index contributed by atoms with van der Waals surface area (Å²) in [7, 11) is -2.14. The van der Waals surface area contributed by atoms with Crippen LogP contribution in [-0.2, 0) is 24.6 Å². The molecule has 0 aliphatic rings. The van der Waals surface area contributed by atoms with Gasteiger partial charge in [-0.2, -0.15) is 0 Å². The molecule has 0 radical (unpaired) electrons. The highest BCUT2D eigenvalue weighted by Gasteiger charge is 2.37. The summed E-state index contributed by atoms with van der Waals surface area (Å²) in [5.74, 6) is 0. The van der Waals surface area contributed by atoms with E-state index in [1.165, 1.54) is 14.2 Å². The van der Waals surface area contributed by atoms with E-state index in [0.717, 1.165) is 5.56 Å². The molecule has 0 aromatic heterocycles. The molecule has 6 heteroatoms. The summed E-state index contributed by atoms with van der Waals surface area (Å²) < 4.78 is 28.4. The number of hydrogen-bond donors (Lipinski definition) is 0. The summed E-state index contributed by atoms with van der Waals surface area (Å²) in [6, 6.07) is 7.37. The molecule has 0 aliphatic heterocycles. The van der Waals surface area contributed by atoms with Crippen molar-refractivity contribution in [3.63, 3.8) is 0 Å². The molecule has 0 N–H and O–H groups in total. The van der Waals surface area contributed by atoms with E-state index in [2.05, 4.69) is 33.9 Å². The third kappa shape index (κ3) is 4.51. The first-order chi connectivity index (χ1) is 9.55. The zero-order chi connectivity index (χ0) is 16.3. The third-order valence-electron chi connectivity index (χ3n) is 4.14. The SMILES string of the molecule is COP(=O)(OC)c1ccc(CO[Si](C)(C)C(C)(C)C)cc1. The zero-order valence-electron chi connectivity index (χ0n) is 14.1. The van der Waals surface area contributed by atoms with Crippen molar-refractivity contribution >= 4 is 21.2 Å². The Hall–Kier alpha value is -0.453. The van der Waals surface area contributed by atoms with E-state index in [0.29, 0.717) is 11.9 Å². The van der Waals surface area contributed by atoms with E-state index in [1.807, 2.05) is 12.1 Å². The molecule has 0 bridgehead atoms. The lowest BCUT2D eigenvalue weighted by atomic mass is 10.2. The topological polar surface area (TPSA) is 44.8 Å². The predicted molar refractivity (Wildman–Crippen MR) is 89.7 cm³/mol. The summed E-state index contributed by atoms with van der Waals surface area (Å²) >= 11 is 0. The first kappa shape index (κ1) is 18.6. The monoisotopic (exact) mass is 330 g/mol. The van der Waals surface area contributed by atoms with Crippen LogP contribution in [0.25, 0.3) is 0 Å². The Balaban J connectivity index is 2.79. The van der Waals surface area contributed by atoms with Crippen LogP contribution in [0.15, 0.2) is 24.3 Å². The molecule has 0 unspecified atom stereocenters. The second-order valence-corrected chi connectivity index (χ2v) is 13.6. The first-order valence-corrected chi connectivity index (χ1v) is 11.5. The fourth-order valence-electron chi connectivity index (χ4n) is 1.54. The van der Waals surface area contributed by atoms with Crippen molar-refractivity contribution in [2.24, 2.45) is 0 Å². The van der Waals surface area contributed by atoms with E-state index in [1.54, 1.807) is 12.1 Å². The predicted octanol–water partition coefficient (Wildman–Crippen LogP) is 4.32. The van der Waals surface area contributed by atoms with Crippen molar-refractivity contribution in [2.75, 3.05) is 14.2 Å². The maximum atomic E-state index is 12.2. The molecule has 0 fully saturated rings. The summed E-state index contributed by atoms with van der Waals surface area (Å²) in [6.07, 6.45) is 0. The Morgan fingerprint density at radius 2 is 1.52 bits per heavy atom. The molecule has 0 amide bonds. The van der Waals surface area contributed by atoms with Gasteiger partial charge in [0.05, 0.1) is 11.9 Å². The summed E-state index contributed by atoms with van der Waals surface area (Å²) in [6.45, 7) is 11.7. The normalized spacial score (nSPS) is 13.5. The van der Waals surface area contributed by atoms with Gasteiger partial charge in [-0.3, -0.25) is 4.57 Å². The van der Waals surface area contributed by atoms with E-state index in [-0.39, 0.29) is 5.04 Å². The van der Waals surface area contributed by atoms with Gasteiger partial charge in [0.1, 0.15) is 0 Å². The molecular weight excluding hydrogens is 303 g/mol. The average molecular weight is 330 g/mol. The maximum Gasteiger partial charge on any atom is 0.360 e. The van der Waals surface area contributed by atoms with E-state index in [9.17, 15) is 4.57 Å². The van der Waals surface area contributed by atoms with Gasteiger partial charge < -0.3 is 13.5 Å². The van der Waals surface area contributed by atoms with Crippen LogP contribution >= 0.6 is 7.60 Å².